The molecule has 0 aromatic carbocycles. The minimum absolute atomic E-state index is 0. The summed E-state index contributed by atoms with van der Waals surface area (Å²) in [5.41, 5.74) is 0. The van der Waals surface area contributed by atoms with E-state index in [0.29, 0.717) is 0 Å². The van der Waals surface area contributed by atoms with Crippen molar-refractivity contribution in [1.82, 2.24) is 0 Å². The molecule has 92 valence electrons. The van der Waals surface area contributed by atoms with Crippen molar-refractivity contribution in [1.29, 1.82) is 0 Å². The first-order valence-corrected chi connectivity index (χ1v) is 5.30. The van der Waals surface area contributed by atoms with Crippen molar-refractivity contribution in [3.05, 3.63) is 49.6 Å². The highest BCUT2D eigenvalue weighted by Crippen LogP contribution is 1.74. The third kappa shape index (κ3) is 178. The van der Waals surface area contributed by atoms with Gasteiger partial charge >= 0.3 is 0 Å². The molecule has 0 saturated heterocycles. The molecule has 0 nitrogen and oxygen atoms in total. The van der Waals surface area contributed by atoms with Crippen molar-refractivity contribution < 1.29 is 0 Å². The van der Waals surface area contributed by atoms with Crippen LogP contribution in [-0.2, 0) is 0 Å². The first kappa shape index (κ1) is 29.2. The summed E-state index contributed by atoms with van der Waals surface area (Å²) in [5, 5.41) is 0. The predicted octanol–water partition coefficient (Wildman–Crippen LogP) is 6.19. The van der Waals surface area contributed by atoms with Crippen LogP contribution >= 0.6 is 0 Å². The summed E-state index contributed by atoms with van der Waals surface area (Å²) < 4.78 is 0. The molecule has 0 aromatic rings. The van der Waals surface area contributed by atoms with Crippen molar-refractivity contribution in [2.24, 2.45) is 0 Å². The number of allylic oxidation sites excluding steroid dienone is 6. The lowest BCUT2D eigenvalue weighted by molar-refractivity contribution is 1.50. The normalized spacial score (nSPS) is 6.80. The zero-order valence-electron chi connectivity index (χ0n) is 10.9. The Hall–Kier alpha value is -1.04. The van der Waals surface area contributed by atoms with Crippen molar-refractivity contribution in [3.8, 4) is 0 Å². The van der Waals surface area contributed by atoms with Gasteiger partial charge in [0.2, 0.25) is 0 Å². The van der Waals surface area contributed by atoms with E-state index in [1.165, 1.54) is 0 Å². The molecule has 0 aliphatic rings. The van der Waals surface area contributed by atoms with Gasteiger partial charge in [0, 0.05) is 0 Å². The monoisotopic (exact) mass is 212 g/mol. The summed E-state index contributed by atoms with van der Waals surface area (Å²) in [5.74, 6) is 0. The Kier molecular flexibility index (Phi) is 147. The second-order valence-corrected chi connectivity index (χ2v) is 1.55. The van der Waals surface area contributed by atoms with Gasteiger partial charge in [-0.3, -0.25) is 0 Å². The van der Waals surface area contributed by atoms with Gasteiger partial charge in [-0.2, -0.15) is 0 Å². The van der Waals surface area contributed by atoms with Gasteiger partial charge in [0.25, 0.3) is 0 Å². The van der Waals surface area contributed by atoms with Crippen LogP contribution in [0.5, 0.6) is 0 Å². The van der Waals surface area contributed by atoms with Crippen LogP contribution in [0.15, 0.2) is 49.6 Å². The van der Waals surface area contributed by atoms with Crippen LogP contribution in [-0.4, -0.2) is 0 Å². The Morgan fingerprint density at radius 3 is 1.27 bits per heavy atom. The molecule has 0 aliphatic carbocycles. The maximum atomic E-state index is 3.51. The van der Waals surface area contributed by atoms with Crippen LogP contribution in [0, 0.1) is 0 Å². The topological polar surface area (TPSA) is 0 Å². The fourth-order valence-corrected chi connectivity index (χ4v) is 0.254. The van der Waals surface area contributed by atoms with Gasteiger partial charge in [-0.05, 0) is 13.8 Å². The quantitative estimate of drug-likeness (QED) is 0.378. The average Bonchev–Trinajstić information content (AvgIpc) is 2.26. The van der Waals surface area contributed by atoms with Gasteiger partial charge in [0.05, 0.1) is 0 Å². The zero-order valence-corrected chi connectivity index (χ0v) is 10.9. The Bertz CT molecular complexity index is 116. The molecular weight excluding hydrogens is 180 g/mol. The molecule has 0 fully saturated rings. The smallest absolute Gasteiger partial charge is 0.0467 e. The first-order valence-electron chi connectivity index (χ1n) is 5.30. The van der Waals surface area contributed by atoms with E-state index in [2.05, 4.69) is 13.2 Å². The van der Waals surface area contributed by atoms with E-state index in [1.807, 2.05) is 65.8 Å². The summed E-state index contributed by atoms with van der Waals surface area (Å²) in [7, 11) is 0. The third-order valence-corrected chi connectivity index (χ3v) is 0.551. The SMILES string of the molecule is C.C=C/C=C\C=C/C.C=CC.CC.CC. The highest BCUT2D eigenvalue weighted by atomic mass is 13.6. The van der Waals surface area contributed by atoms with Gasteiger partial charge in [-0.25, -0.2) is 0 Å². The number of hydrogen-bond donors (Lipinski definition) is 0. The van der Waals surface area contributed by atoms with Crippen LogP contribution in [0.1, 0.15) is 49.0 Å². The number of rotatable bonds is 2. The Morgan fingerprint density at radius 1 is 0.733 bits per heavy atom. The van der Waals surface area contributed by atoms with E-state index in [-0.39, 0.29) is 7.43 Å². The average molecular weight is 212 g/mol. The molecule has 0 spiro atoms. The molecule has 0 saturated carbocycles. The van der Waals surface area contributed by atoms with Crippen LogP contribution in [0.3, 0.4) is 0 Å². The van der Waals surface area contributed by atoms with E-state index < -0.39 is 0 Å². The number of hydrogen-bond acceptors (Lipinski definition) is 0. The minimum Gasteiger partial charge on any atom is -0.103 e. The van der Waals surface area contributed by atoms with E-state index >= 15 is 0 Å². The third-order valence-electron chi connectivity index (χ3n) is 0.551. The van der Waals surface area contributed by atoms with Crippen molar-refractivity contribution in [2.75, 3.05) is 0 Å². The molecule has 0 amide bonds. The Labute approximate surface area is 99.1 Å². The second-order valence-electron chi connectivity index (χ2n) is 1.55. The van der Waals surface area contributed by atoms with Gasteiger partial charge < -0.3 is 0 Å². The fourth-order valence-electron chi connectivity index (χ4n) is 0.254. The minimum atomic E-state index is 0. The Morgan fingerprint density at radius 2 is 1.07 bits per heavy atom. The van der Waals surface area contributed by atoms with Crippen LogP contribution < -0.4 is 0 Å². The summed E-state index contributed by atoms with van der Waals surface area (Å²) in [6, 6.07) is 0. The van der Waals surface area contributed by atoms with Gasteiger partial charge in [-0.1, -0.05) is 78.2 Å². The van der Waals surface area contributed by atoms with Gasteiger partial charge in [0.1, 0.15) is 0 Å². The maximum Gasteiger partial charge on any atom is -0.0467 e. The molecule has 0 aliphatic heterocycles. The molecular formula is C15H32. The molecule has 0 N–H and O–H groups in total. The van der Waals surface area contributed by atoms with Crippen molar-refractivity contribution in [2.45, 2.75) is 49.0 Å². The van der Waals surface area contributed by atoms with Gasteiger partial charge in [0.15, 0.2) is 0 Å². The molecule has 0 rings (SSSR count). The predicted molar refractivity (Wildman–Crippen MR) is 79.4 cm³/mol. The highest BCUT2D eigenvalue weighted by Gasteiger charge is 1.52. The van der Waals surface area contributed by atoms with E-state index in [9.17, 15) is 0 Å². The van der Waals surface area contributed by atoms with Crippen molar-refractivity contribution >= 4 is 0 Å². The molecule has 0 bridgehead atoms. The fraction of sp³-hybridized carbons (Fsp3) is 0.467. The lowest BCUT2D eigenvalue weighted by atomic mass is 10.4. The summed E-state index contributed by atoms with van der Waals surface area (Å²) >= 11 is 0. The molecule has 0 heterocycles. The second kappa shape index (κ2) is 75.4. The lowest BCUT2D eigenvalue weighted by Crippen LogP contribution is -1.43. The summed E-state index contributed by atoms with van der Waals surface area (Å²) in [4.78, 5) is 0. The molecule has 0 radical (unpaired) electrons. The highest BCUT2D eigenvalue weighted by molar-refractivity contribution is 5.07. The standard InChI is InChI=1S/C7H10.C3H6.2C2H6.CH4/c1-3-5-7-6-4-2;1-3-2;2*1-2;/h3-7H,1H2,2H3;3H,1H2,2H3;2*1-2H3;1H4/b6-4-,7-5-;;;;. The van der Waals surface area contributed by atoms with Crippen LogP contribution in [0.25, 0.3) is 0 Å². The molecule has 0 unspecified atom stereocenters. The molecule has 0 atom stereocenters. The summed E-state index contributed by atoms with van der Waals surface area (Å²) in [6.45, 7) is 18.7. The van der Waals surface area contributed by atoms with E-state index in [1.54, 1.807) is 12.2 Å². The Balaban J connectivity index is -0.0000000357. The molecule has 0 aromatic heterocycles. The largest absolute Gasteiger partial charge is 0.103 e. The first-order chi connectivity index (χ1) is 6.83. The van der Waals surface area contributed by atoms with E-state index in [4.69, 9.17) is 0 Å². The molecule has 15 heavy (non-hydrogen) atoms. The maximum absolute atomic E-state index is 3.51. The van der Waals surface area contributed by atoms with E-state index in [0.717, 1.165) is 0 Å². The van der Waals surface area contributed by atoms with Gasteiger partial charge in [-0.15, -0.1) is 6.58 Å². The lowest BCUT2D eigenvalue weighted by Gasteiger charge is -1.65. The molecule has 0 heteroatoms. The zero-order chi connectivity index (χ0) is 12.2. The van der Waals surface area contributed by atoms with Crippen LogP contribution in [0.2, 0.25) is 0 Å². The van der Waals surface area contributed by atoms with Crippen LogP contribution in [0.4, 0.5) is 0 Å². The van der Waals surface area contributed by atoms with Crippen molar-refractivity contribution in [3.63, 3.8) is 0 Å². The summed E-state index contributed by atoms with van der Waals surface area (Å²) in [6.07, 6.45) is 11.3.